The smallest absolute Gasteiger partial charge is 0.186 e. The van der Waals surface area contributed by atoms with Crippen molar-refractivity contribution < 1.29 is 14.6 Å². The Balaban J connectivity index is 1.95. The van der Waals surface area contributed by atoms with Gasteiger partial charge in [0, 0.05) is 11.6 Å². The molecule has 1 aromatic carbocycles. The molecular formula is C16H13ClN2O3S2. The van der Waals surface area contributed by atoms with Gasteiger partial charge in [-0.1, -0.05) is 23.4 Å². The molecule has 8 heteroatoms. The predicted molar refractivity (Wildman–Crippen MR) is 97.4 cm³/mol. The first-order chi connectivity index (χ1) is 11.5. The second-order valence-corrected chi connectivity index (χ2v) is 7.34. The highest BCUT2D eigenvalue weighted by Gasteiger charge is 2.38. The molecule has 0 unspecified atom stereocenters. The molecule has 0 amide bonds. The van der Waals surface area contributed by atoms with Crippen LogP contribution in [0.2, 0.25) is 5.02 Å². The summed E-state index contributed by atoms with van der Waals surface area (Å²) in [6.45, 7) is 2.18. The molecule has 0 aliphatic carbocycles. The van der Waals surface area contributed by atoms with Gasteiger partial charge >= 0.3 is 0 Å². The zero-order valence-corrected chi connectivity index (χ0v) is 15.0. The number of thiazole rings is 1. The van der Waals surface area contributed by atoms with Crippen LogP contribution in [-0.4, -0.2) is 27.5 Å². The van der Waals surface area contributed by atoms with E-state index < -0.39 is 5.92 Å². The van der Waals surface area contributed by atoms with E-state index in [4.69, 9.17) is 21.7 Å². The molecule has 124 valence electrons. The van der Waals surface area contributed by atoms with Gasteiger partial charge in [-0.15, -0.1) is 11.3 Å². The summed E-state index contributed by atoms with van der Waals surface area (Å²) >= 11 is 8.49. The largest absolute Gasteiger partial charge is 0.503 e. The van der Waals surface area contributed by atoms with Crippen LogP contribution in [0.3, 0.4) is 0 Å². The maximum absolute atomic E-state index is 12.6. The molecule has 3 rings (SSSR count). The zero-order chi connectivity index (χ0) is 17.3. The van der Waals surface area contributed by atoms with Crippen molar-refractivity contribution in [2.45, 2.75) is 12.8 Å². The maximum Gasteiger partial charge on any atom is 0.186 e. The standard InChI is InChI=1S/C16H13ClN2O3S2/c1-2-22-10-6-8(5-9(17)13(10)20)7-11-14(21)12(15(18)24-11)16-19-3-4-23-16/h3-7,12,18,20H,2H2,1H3/b11-7-,18-15?/t12-/m0/s1. The summed E-state index contributed by atoms with van der Waals surface area (Å²) in [5.74, 6) is -0.638. The van der Waals surface area contributed by atoms with Gasteiger partial charge in [-0.3, -0.25) is 10.2 Å². The molecule has 0 bridgehead atoms. The average Bonchev–Trinajstić information content (AvgIpc) is 3.13. The Morgan fingerprint density at radius 1 is 1.50 bits per heavy atom. The maximum atomic E-state index is 12.6. The molecule has 0 radical (unpaired) electrons. The Kier molecular flexibility index (Phi) is 4.93. The predicted octanol–water partition coefficient (Wildman–Crippen LogP) is 4.32. The van der Waals surface area contributed by atoms with Crippen LogP contribution in [-0.2, 0) is 4.79 Å². The van der Waals surface area contributed by atoms with E-state index in [1.54, 1.807) is 36.7 Å². The number of halogens is 1. The Morgan fingerprint density at radius 3 is 2.96 bits per heavy atom. The molecule has 0 saturated carbocycles. The highest BCUT2D eigenvalue weighted by molar-refractivity contribution is 8.19. The summed E-state index contributed by atoms with van der Waals surface area (Å²) in [5.41, 5.74) is 0.629. The molecule has 1 saturated heterocycles. The van der Waals surface area contributed by atoms with Gasteiger partial charge in [-0.2, -0.15) is 0 Å². The number of rotatable bonds is 4. The average molecular weight is 381 g/mol. The number of hydrogen-bond acceptors (Lipinski definition) is 7. The van der Waals surface area contributed by atoms with Crippen LogP contribution in [0.15, 0.2) is 28.6 Å². The SMILES string of the molecule is CCOc1cc(/C=C2\SC(=N)[C@@H](c3nccs3)C2=O)cc(Cl)c1O. The molecule has 2 heterocycles. The number of hydrogen-bond donors (Lipinski definition) is 2. The Hall–Kier alpha value is -1.83. The van der Waals surface area contributed by atoms with E-state index in [0.717, 1.165) is 11.8 Å². The first-order valence-corrected chi connectivity index (χ1v) is 9.15. The number of allylic oxidation sites excluding steroid dienone is 1. The van der Waals surface area contributed by atoms with Crippen molar-refractivity contribution in [3.63, 3.8) is 0 Å². The summed E-state index contributed by atoms with van der Waals surface area (Å²) in [6.07, 6.45) is 3.28. The van der Waals surface area contributed by atoms with Crippen molar-refractivity contribution >= 4 is 51.6 Å². The third-order valence-corrected chi connectivity index (χ3v) is 5.46. The molecule has 1 aromatic heterocycles. The van der Waals surface area contributed by atoms with Crippen LogP contribution in [0, 0.1) is 5.41 Å². The second-order valence-electron chi connectivity index (χ2n) is 4.92. The second kappa shape index (κ2) is 6.96. The molecule has 1 aliphatic heterocycles. The van der Waals surface area contributed by atoms with Crippen molar-refractivity contribution in [2.75, 3.05) is 6.61 Å². The van der Waals surface area contributed by atoms with E-state index in [9.17, 15) is 9.90 Å². The van der Waals surface area contributed by atoms with Crippen molar-refractivity contribution in [3.05, 3.63) is 44.2 Å². The van der Waals surface area contributed by atoms with E-state index in [-0.39, 0.29) is 27.3 Å². The van der Waals surface area contributed by atoms with Crippen LogP contribution in [0.5, 0.6) is 11.5 Å². The van der Waals surface area contributed by atoms with E-state index in [2.05, 4.69) is 4.98 Å². The monoisotopic (exact) mass is 380 g/mol. The molecule has 24 heavy (non-hydrogen) atoms. The minimum absolute atomic E-state index is 0.125. The number of benzene rings is 1. The lowest BCUT2D eigenvalue weighted by atomic mass is 10.0. The third kappa shape index (κ3) is 3.19. The van der Waals surface area contributed by atoms with E-state index in [1.807, 2.05) is 0 Å². The summed E-state index contributed by atoms with van der Waals surface area (Å²) in [7, 11) is 0. The van der Waals surface area contributed by atoms with Gasteiger partial charge in [-0.25, -0.2) is 4.98 Å². The number of ketones is 1. The fraction of sp³-hybridized carbons (Fsp3) is 0.188. The van der Waals surface area contributed by atoms with Crippen molar-refractivity contribution in [1.82, 2.24) is 4.98 Å². The number of carbonyl (C=O) groups is 1. The molecule has 1 aliphatic rings. The summed E-state index contributed by atoms with van der Waals surface area (Å²) in [5, 5.41) is 20.8. The lowest BCUT2D eigenvalue weighted by Gasteiger charge is -2.08. The van der Waals surface area contributed by atoms with Gasteiger partial charge in [-0.05, 0) is 30.7 Å². The molecule has 0 spiro atoms. The molecular weight excluding hydrogens is 368 g/mol. The number of ether oxygens (including phenoxy) is 1. The van der Waals surface area contributed by atoms with Crippen molar-refractivity contribution in [1.29, 1.82) is 5.41 Å². The molecule has 1 atom stereocenters. The topological polar surface area (TPSA) is 83.3 Å². The summed E-state index contributed by atoms with van der Waals surface area (Å²) in [4.78, 5) is 17.2. The Morgan fingerprint density at radius 2 is 2.29 bits per heavy atom. The first-order valence-electron chi connectivity index (χ1n) is 7.08. The number of nitrogens with zero attached hydrogens (tertiary/aromatic N) is 1. The third-order valence-electron chi connectivity index (χ3n) is 3.33. The lowest BCUT2D eigenvalue weighted by Crippen LogP contribution is -2.11. The van der Waals surface area contributed by atoms with E-state index in [1.165, 1.54) is 11.3 Å². The number of carbonyl (C=O) groups excluding carboxylic acids is 1. The number of phenolic OH excluding ortho intramolecular Hbond substituents is 1. The van der Waals surface area contributed by atoms with Gasteiger partial charge in [0.2, 0.25) is 0 Å². The summed E-state index contributed by atoms with van der Waals surface area (Å²) in [6, 6.07) is 3.17. The van der Waals surface area contributed by atoms with Crippen LogP contribution in [0.1, 0.15) is 23.4 Å². The van der Waals surface area contributed by atoms with Crippen LogP contribution in [0.25, 0.3) is 6.08 Å². The van der Waals surface area contributed by atoms with Gasteiger partial charge in [0.25, 0.3) is 0 Å². The number of phenols is 1. The number of thioether (sulfide) groups is 1. The molecule has 2 aromatic rings. The number of Topliss-reactive ketones (excluding diaryl/α,β-unsaturated/α-hetero) is 1. The van der Waals surface area contributed by atoms with E-state index in [0.29, 0.717) is 22.1 Å². The summed E-state index contributed by atoms with van der Waals surface area (Å²) < 4.78 is 5.34. The van der Waals surface area contributed by atoms with Crippen LogP contribution in [0.4, 0.5) is 0 Å². The van der Waals surface area contributed by atoms with Gasteiger partial charge < -0.3 is 9.84 Å². The highest BCUT2D eigenvalue weighted by Crippen LogP contribution is 2.42. The zero-order valence-electron chi connectivity index (χ0n) is 12.6. The van der Waals surface area contributed by atoms with E-state index >= 15 is 0 Å². The number of aromatic hydroxyl groups is 1. The van der Waals surface area contributed by atoms with Crippen LogP contribution < -0.4 is 4.74 Å². The first kappa shape index (κ1) is 17.0. The molecule has 2 N–H and O–H groups in total. The minimum atomic E-state index is -0.625. The quantitative estimate of drug-likeness (QED) is 0.772. The Labute approximate surface area is 151 Å². The van der Waals surface area contributed by atoms with Gasteiger partial charge in [0.05, 0.1) is 21.6 Å². The molecule has 1 fully saturated rings. The Bertz CT molecular complexity index is 834. The normalized spacial score (nSPS) is 19.2. The lowest BCUT2D eigenvalue weighted by molar-refractivity contribution is -0.114. The highest BCUT2D eigenvalue weighted by atomic mass is 35.5. The van der Waals surface area contributed by atoms with Gasteiger partial charge in [0.1, 0.15) is 10.9 Å². The van der Waals surface area contributed by atoms with Gasteiger partial charge in [0.15, 0.2) is 17.3 Å². The number of nitrogens with one attached hydrogen (secondary N) is 1. The fourth-order valence-electron chi connectivity index (χ4n) is 2.28. The minimum Gasteiger partial charge on any atom is -0.503 e. The van der Waals surface area contributed by atoms with Crippen molar-refractivity contribution in [3.8, 4) is 11.5 Å². The number of aromatic nitrogens is 1. The van der Waals surface area contributed by atoms with Crippen LogP contribution >= 0.6 is 34.7 Å². The van der Waals surface area contributed by atoms with Crippen molar-refractivity contribution in [2.24, 2.45) is 0 Å². The fourth-order valence-corrected chi connectivity index (χ4v) is 4.31. The molecule has 5 nitrogen and oxygen atoms in total.